The van der Waals surface area contributed by atoms with Gasteiger partial charge in [-0.05, 0) is 13.8 Å². The maximum Gasteiger partial charge on any atom is 0.119 e. The summed E-state index contributed by atoms with van der Waals surface area (Å²) in [6, 6.07) is 0. The van der Waals surface area contributed by atoms with Crippen LogP contribution >= 0.6 is 0 Å². The van der Waals surface area contributed by atoms with Crippen molar-refractivity contribution in [3.63, 3.8) is 0 Å². The van der Waals surface area contributed by atoms with Gasteiger partial charge in [-0.1, -0.05) is 6.92 Å². The monoisotopic (exact) mass is 104 g/mol. The van der Waals surface area contributed by atoms with Gasteiger partial charge in [0.05, 0.1) is 0 Å². The number of hydrogen-bond donors (Lipinski definition) is 2. The van der Waals surface area contributed by atoms with Crippen LogP contribution in [0.15, 0.2) is 0 Å². The standard InChI is InChI=1S/C5H13NO/c1-4-5(2,3)6-7/h6-7H,4H2,1-3H3/p+1. The van der Waals surface area contributed by atoms with Crippen LogP contribution in [0.3, 0.4) is 0 Å². The Labute approximate surface area is 44.5 Å². The first-order valence-electron chi connectivity index (χ1n) is 2.61. The number of hydrogen-bond acceptors (Lipinski definition) is 1. The van der Waals surface area contributed by atoms with Crippen LogP contribution in [-0.2, 0) is 0 Å². The van der Waals surface area contributed by atoms with E-state index in [1.807, 2.05) is 20.8 Å². The molecule has 2 heteroatoms. The van der Waals surface area contributed by atoms with Crippen molar-refractivity contribution in [2.24, 2.45) is 0 Å². The molecule has 2 nitrogen and oxygen atoms in total. The van der Waals surface area contributed by atoms with Gasteiger partial charge >= 0.3 is 0 Å². The SMILES string of the molecule is CCC(C)(C)[NH2+]O. The van der Waals surface area contributed by atoms with Gasteiger partial charge in [0.1, 0.15) is 5.54 Å². The molecule has 0 aliphatic carbocycles. The van der Waals surface area contributed by atoms with Gasteiger partial charge in [-0.3, -0.25) is 0 Å². The van der Waals surface area contributed by atoms with Crippen LogP contribution in [0.4, 0.5) is 0 Å². The zero-order valence-electron chi connectivity index (χ0n) is 5.23. The van der Waals surface area contributed by atoms with Crippen molar-refractivity contribution in [3.8, 4) is 0 Å². The Morgan fingerprint density at radius 1 is 1.57 bits per heavy atom. The predicted octanol–water partition coefficient (Wildman–Crippen LogP) is 0.128. The van der Waals surface area contributed by atoms with Crippen LogP contribution in [-0.4, -0.2) is 10.7 Å². The van der Waals surface area contributed by atoms with E-state index in [0.717, 1.165) is 6.42 Å². The Kier molecular flexibility index (Phi) is 2.26. The summed E-state index contributed by atoms with van der Waals surface area (Å²) in [4.78, 5) is 0. The summed E-state index contributed by atoms with van der Waals surface area (Å²) in [5.41, 5.74) is 1.26. The van der Waals surface area contributed by atoms with Crippen molar-refractivity contribution in [2.75, 3.05) is 0 Å². The second-order valence-corrected chi connectivity index (χ2v) is 2.47. The molecule has 0 atom stereocenters. The molecule has 0 unspecified atom stereocenters. The third-order valence-electron chi connectivity index (χ3n) is 1.26. The molecule has 0 saturated heterocycles. The molecule has 0 saturated carbocycles. The maximum atomic E-state index is 8.47. The average molecular weight is 104 g/mol. The minimum absolute atomic E-state index is 0.0139. The van der Waals surface area contributed by atoms with Crippen molar-refractivity contribution in [3.05, 3.63) is 0 Å². The molecule has 0 radical (unpaired) electrons. The highest BCUT2D eigenvalue weighted by Crippen LogP contribution is 1.97. The molecule has 0 aromatic rings. The summed E-state index contributed by atoms with van der Waals surface area (Å²) >= 11 is 0. The van der Waals surface area contributed by atoms with E-state index in [2.05, 4.69) is 0 Å². The fourth-order valence-corrected chi connectivity index (χ4v) is 0.0913. The van der Waals surface area contributed by atoms with E-state index < -0.39 is 0 Å². The number of hydroxylamine groups is 1. The van der Waals surface area contributed by atoms with Crippen molar-refractivity contribution < 1.29 is 10.7 Å². The van der Waals surface area contributed by atoms with Gasteiger partial charge < -0.3 is 0 Å². The normalized spacial score (nSPS) is 12.0. The summed E-state index contributed by atoms with van der Waals surface area (Å²) in [6.45, 7) is 6.03. The molecule has 0 aromatic heterocycles. The number of quaternary nitrogens is 1. The van der Waals surface area contributed by atoms with Gasteiger partial charge in [-0.25, -0.2) is 5.21 Å². The molecule has 0 aromatic carbocycles. The molecule has 0 spiro atoms. The topological polar surface area (TPSA) is 36.8 Å². The zero-order valence-corrected chi connectivity index (χ0v) is 5.23. The molecule has 0 heterocycles. The Hall–Kier alpha value is -0.0800. The van der Waals surface area contributed by atoms with Gasteiger partial charge in [-0.15, -0.1) is 0 Å². The van der Waals surface area contributed by atoms with Crippen LogP contribution in [0.5, 0.6) is 0 Å². The largest absolute Gasteiger partial charge is 0.220 e. The Morgan fingerprint density at radius 2 is 2.00 bits per heavy atom. The first-order valence-corrected chi connectivity index (χ1v) is 2.61. The smallest absolute Gasteiger partial charge is 0.119 e. The van der Waals surface area contributed by atoms with E-state index >= 15 is 0 Å². The van der Waals surface area contributed by atoms with E-state index in [1.54, 1.807) is 0 Å². The van der Waals surface area contributed by atoms with E-state index in [1.165, 1.54) is 5.48 Å². The summed E-state index contributed by atoms with van der Waals surface area (Å²) < 4.78 is 0. The molecule has 0 rings (SSSR count). The van der Waals surface area contributed by atoms with Gasteiger partial charge in [0.2, 0.25) is 0 Å². The fourth-order valence-electron chi connectivity index (χ4n) is 0.0913. The van der Waals surface area contributed by atoms with Crippen molar-refractivity contribution in [2.45, 2.75) is 32.7 Å². The summed E-state index contributed by atoms with van der Waals surface area (Å²) in [7, 11) is 0. The van der Waals surface area contributed by atoms with Gasteiger partial charge in [0.15, 0.2) is 0 Å². The molecule has 44 valence electrons. The molecule has 0 aliphatic heterocycles. The van der Waals surface area contributed by atoms with Crippen LogP contribution < -0.4 is 5.48 Å². The third kappa shape index (κ3) is 2.60. The number of rotatable bonds is 2. The Balaban J connectivity index is 3.36. The highest BCUT2D eigenvalue weighted by molar-refractivity contribution is 4.57. The highest BCUT2D eigenvalue weighted by Gasteiger charge is 2.15. The predicted molar refractivity (Wildman–Crippen MR) is 28.1 cm³/mol. The second-order valence-electron chi connectivity index (χ2n) is 2.47. The summed E-state index contributed by atoms with van der Waals surface area (Å²) in [5.74, 6) is 0. The molecule has 0 amide bonds. The molecule has 7 heavy (non-hydrogen) atoms. The molecule has 3 N–H and O–H groups in total. The van der Waals surface area contributed by atoms with Crippen LogP contribution in [0.2, 0.25) is 0 Å². The first-order chi connectivity index (χ1) is 3.12. The lowest BCUT2D eigenvalue weighted by Gasteiger charge is -2.13. The Morgan fingerprint density at radius 3 is 2.00 bits per heavy atom. The van der Waals surface area contributed by atoms with Crippen molar-refractivity contribution in [1.82, 2.24) is 0 Å². The van der Waals surface area contributed by atoms with Crippen LogP contribution in [0.1, 0.15) is 27.2 Å². The second kappa shape index (κ2) is 2.28. The quantitative estimate of drug-likeness (QED) is 0.480. The highest BCUT2D eigenvalue weighted by atomic mass is 16.5. The fraction of sp³-hybridized carbons (Fsp3) is 1.00. The molecule has 0 fully saturated rings. The average Bonchev–Trinajstić information content (AvgIpc) is 1.68. The summed E-state index contributed by atoms with van der Waals surface area (Å²) in [5, 5.41) is 8.47. The van der Waals surface area contributed by atoms with E-state index in [9.17, 15) is 0 Å². The van der Waals surface area contributed by atoms with Gasteiger partial charge in [0.25, 0.3) is 0 Å². The van der Waals surface area contributed by atoms with E-state index in [-0.39, 0.29) is 5.54 Å². The lowest BCUT2D eigenvalue weighted by molar-refractivity contribution is -0.931. The van der Waals surface area contributed by atoms with Crippen LogP contribution in [0.25, 0.3) is 0 Å². The molecule has 0 bridgehead atoms. The van der Waals surface area contributed by atoms with Gasteiger partial charge in [0, 0.05) is 6.42 Å². The van der Waals surface area contributed by atoms with Crippen LogP contribution in [0, 0.1) is 0 Å². The maximum absolute atomic E-state index is 8.47. The lowest BCUT2D eigenvalue weighted by atomic mass is 10.0. The van der Waals surface area contributed by atoms with E-state index in [0.29, 0.717) is 0 Å². The Bertz CT molecular complexity index is 46.0. The van der Waals surface area contributed by atoms with Crippen molar-refractivity contribution >= 4 is 0 Å². The molecular weight excluding hydrogens is 90.1 g/mol. The zero-order chi connectivity index (χ0) is 5.91. The third-order valence-corrected chi connectivity index (χ3v) is 1.26. The minimum atomic E-state index is 0.0139. The summed E-state index contributed by atoms with van der Waals surface area (Å²) in [6.07, 6.45) is 0.990. The molecule has 0 aliphatic rings. The van der Waals surface area contributed by atoms with Crippen molar-refractivity contribution in [1.29, 1.82) is 0 Å². The lowest BCUT2D eigenvalue weighted by Crippen LogP contribution is -2.92. The van der Waals surface area contributed by atoms with E-state index in [4.69, 9.17) is 5.21 Å². The number of nitrogens with two attached hydrogens (primary N) is 1. The van der Waals surface area contributed by atoms with Gasteiger partial charge in [-0.2, -0.15) is 5.48 Å². The minimum Gasteiger partial charge on any atom is -0.220 e. The first kappa shape index (κ1) is 6.92. The molecular formula is C5H14NO+.